The second kappa shape index (κ2) is 5.66. The Kier molecular flexibility index (Phi) is 3.95. The number of nitro benzene ring substituents is 1. The number of hydrogen-bond donors (Lipinski definition) is 0. The number of halogens is 2. The lowest BCUT2D eigenvalue weighted by Gasteiger charge is -2.07. The summed E-state index contributed by atoms with van der Waals surface area (Å²) in [4.78, 5) is 20.5. The summed E-state index contributed by atoms with van der Waals surface area (Å²) in [6.07, 6.45) is 0.510. The second-order valence-corrected chi connectivity index (χ2v) is 4.19. The summed E-state index contributed by atoms with van der Waals surface area (Å²) >= 11 is 5.72. The summed E-state index contributed by atoms with van der Waals surface area (Å²) in [5.74, 6) is -0.678. The van der Waals surface area contributed by atoms with E-state index in [2.05, 4.69) is 0 Å². The molecule has 2 aromatic rings. The topological polar surface area (TPSA) is 69.4 Å². The van der Waals surface area contributed by atoms with Gasteiger partial charge in [0.05, 0.1) is 4.92 Å². The van der Waals surface area contributed by atoms with Crippen molar-refractivity contribution in [2.24, 2.45) is 0 Å². The van der Waals surface area contributed by atoms with Gasteiger partial charge in [0.15, 0.2) is 11.6 Å². The van der Waals surface area contributed by atoms with Gasteiger partial charge in [-0.15, -0.1) is 0 Å². The minimum absolute atomic E-state index is 0.111. The molecule has 2 rings (SSSR count). The van der Waals surface area contributed by atoms with Gasteiger partial charge in [0.2, 0.25) is 0 Å². The molecule has 0 heterocycles. The molecule has 0 aliphatic heterocycles. The summed E-state index contributed by atoms with van der Waals surface area (Å²) in [6, 6.07) is 7.38. The molecule has 0 saturated carbocycles. The quantitative estimate of drug-likeness (QED) is 0.486. The van der Waals surface area contributed by atoms with Crippen LogP contribution in [0.1, 0.15) is 10.4 Å². The van der Waals surface area contributed by atoms with Crippen LogP contribution in [0.25, 0.3) is 0 Å². The summed E-state index contributed by atoms with van der Waals surface area (Å²) in [5, 5.41) is 10.5. The molecule has 0 unspecified atom stereocenters. The molecule has 5 nitrogen and oxygen atoms in total. The van der Waals surface area contributed by atoms with Crippen LogP contribution in [0.3, 0.4) is 0 Å². The zero-order valence-corrected chi connectivity index (χ0v) is 10.6. The maximum atomic E-state index is 13.6. The zero-order valence-electron chi connectivity index (χ0n) is 9.88. The molecule has 0 saturated heterocycles. The molecule has 2 aromatic carbocycles. The first-order valence-electron chi connectivity index (χ1n) is 5.38. The highest BCUT2D eigenvalue weighted by Gasteiger charge is 2.14. The molecule has 0 aliphatic carbocycles. The van der Waals surface area contributed by atoms with E-state index in [0.717, 1.165) is 12.1 Å². The molecule has 7 heteroatoms. The first-order valence-corrected chi connectivity index (χ1v) is 5.75. The monoisotopic (exact) mass is 295 g/mol. The van der Waals surface area contributed by atoms with E-state index in [1.54, 1.807) is 0 Å². The van der Waals surface area contributed by atoms with Crippen molar-refractivity contribution in [3.63, 3.8) is 0 Å². The maximum Gasteiger partial charge on any atom is 0.288 e. The van der Waals surface area contributed by atoms with Crippen LogP contribution in [0.4, 0.5) is 10.1 Å². The number of aldehydes is 1. The normalized spacial score (nSPS) is 10.1. The van der Waals surface area contributed by atoms with Crippen LogP contribution in [-0.4, -0.2) is 11.2 Å². The first kappa shape index (κ1) is 14.0. The van der Waals surface area contributed by atoms with Crippen molar-refractivity contribution in [1.82, 2.24) is 0 Å². The molecule has 0 aromatic heterocycles. The van der Waals surface area contributed by atoms with E-state index < -0.39 is 10.7 Å². The van der Waals surface area contributed by atoms with Crippen LogP contribution >= 0.6 is 11.6 Å². The van der Waals surface area contributed by atoms with Crippen molar-refractivity contribution < 1.29 is 18.8 Å². The van der Waals surface area contributed by atoms with Crippen molar-refractivity contribution in [3.8, 4) is 11.5 Å². The smallest absolute Gasteiger partial charge is 0.288 e. The summed E-state index contributed by atoms with van der Waals surface area (Å²) in [7, 11) is 0. The first-order chi connectivity index (χ1) is 9.51. The Morgan fingerprint density at radius 3 is 2.55 bits per heavy atom. The third-order valence-corrected chi connectivity index (χ3v) is 2.74. The molecule has 20 heavy (non-hydrogen) atoms. The Bertz CT molecular complexity index is 690. The predicted molar refractivity (Wildman–Crippen MR) is 70.0 cm³/mol. The van der Waals surface area contributed by atoms with Crippen molar-refractivity contribution in [2.75, 3.05) is 0 Å². The highest BCUT2D eigenvalue weighted by Crippen LogP contribution is 2.31. The molecule has 0 radical (unpaired) electrons. The van der Waals surface area contributed by atoms with Crippen LogP contribution < -0.4 is 4.74 Å². The van der Waals surface area contributed by atoms with Crippen molar-refractivity contribution >= 4 is 23.6 Å². The maximum absolute atomic E-state index is 13.6. The van der Waals surface area contributed by atoms with Crippen LogP contribution in [-0.2, 0) is 0 Å². The molecule has 0 N–H and O–H groups in total. The van der Waals surface area contributed by atoms with Crippen LogP contribution in [0.2, 0.25) is 5.02 Å². The van der Waals surface area contributed by atoms with E-state index in [4.69, 9.17) is 16.3 Å². The van der Waals surface area contributed by atoms with Gasteiger partial charge in [-0.05, 0) is 24.3 Å². The molecule has 0 aliphatic rings. The minimum atomic E-state index is -0.718. The average Bonchev–Trinajstić information content (AvgIpc) is 2.40. The number of nitro groups is 1. The minimum Gasteiger partial charge on any atom is -0.454 e. The fraction of sp³-hybridized carbons (Fsp3) is 0. The van der Waals surface area contributed by atoms with Crippen LogP contribution in [0.15, 0.2) is 36.4 Å². The number of carbonyl (C=O) groups excluding carboxylic acids is 1. The Morgan fingerprint density at radius 1 is 1.25 bits per heavy atom. The second-order valence-electron chi connectivity index (χ2n) is 3.78. The standard InChI is InChI=1S/C13H7ClFNO4/c14-10-6-9(2-3-12(10)16(18)19)20-13-4-1-8(7-17)5-11(13)15/h1-7H. The zero-order chi connectivity index (χ0) is 14.7. The number of ether oxygens (including phenoxy) is 1. The van der Waals surface area contributed by atoms with Gasteiger partial charge in [0.1, 0.15) is 17.1 Å². The van der Waals surface area contributed by atoms with Gasteiger partial charge >= 0.3 is 0 Å². The van der Waals surface area contributed by atoms with Gasteiger partial charge in [-0.1, -0.05) is 11.6 Å². The van der Waals surface area contributed by atoms with Gasteiger partial charge in [-0.25, -0.2) is 4.39 Å². The molecule has 0 bridgehead atoms. The molecule has 0 atom stereocenters. The van der Waals surface area contributed by atoms with E-state index in [1.807, 2.05) is 0 Å². The SMILES string of the molecule is O=Cc1ccc(Oc2ccc([N+](=O)[O-])c(Cl)c2)c(F)c1. The highest BCUT2D eigenvalue weighted by molar-refractivity contribution is 6.32. The van der Waals surface area contributed by atoms with E-state index in [1.165, 1.54) is 24.3 Å². The largest absolute Gasteiger partial charge is 0.454 e. The third-order valence-electron chi connectivity index (χ3n) is 2.44. The van der Waals surface area contributed by atoms with Gasteiger partial charge in [-0.2, -0.15) is 0 Å². The van der Waals surface area contributed by atoms with Crippen molar-refractivity contribution in [2.45, 2.75) is 0 Å². The molecule has 0 spiro atoms. The summed E-state index contributed by atoms with van der Waals surface area (Å²) < 4.78 is 18.8. The summed E-state index contributed by atoms with van der Waals surface area (Å²) in [5.41, 5.74) is -0.0904. The Morgan fingerprint density at radius 2 is 2.00 bits per heavy atom. The molecule has 0 amide bonds. The fourth-order valence-electron chi connectivity index (χ4n) is 1.50. The Hall–Kier alpha value is -2.47. The van der Waals surface area contributed by atoms with E-state index in [-0.39, 0.29) is 27.8 Å². The highest BCUT2D eigenvalue weighted by atomic mass is 35.5. The predicted octanol–water partition coefficient (Wildman–Crippen LogP) is 3.99. The van der Waals surface area contributed by atoms with Gasteiger partial charge < -0.3 is 4.74 Å². The lowest BCUT2D eigenvalue weighted by atomic mass is 10.2. The molecule has 102 valence electrons. The van der Waals surface area contributed by atoms with Crippen molar-refractivity contribution in [3.05, 3.63) is 62.9 Å². The number of nitrogens with zero attached hydrogens (tertiary/aromatic N) is 1. The lowest BCUT2D eigenvalue weighted by Crippen LogP contribution is -1.92. The molecular formula is C13H7ClFNO4. The Labute approximate surface area is 117 Å². The average molecular weight is 296 g/mol. The summed E-state index contributed by atoms with van der Waals surface area (Å²) in [6.45, 7) is 0. The van der Waals surface area contributed by atoms with E-state index in [9.17, 15) is 19.3 Å². The van der Waals surface area contributed by atoms with Crippen LogP contribution in [0, 0.1) is 15.9 Å². The molecular weight excluding hydrogens is 289 g/mol. The lowest BCUT2D eigenvalue weighted by molar-refractivity contribution is -0.384. The van der Waals surface area contributed by atoms with E-state index in [0.29, 0.717) is 6.29 Å². The number of benzene rings is 2. The van der Waals surface area contributed by atoms with E-state index >= 15 is 0 Å². The van der Waals surface area contributed by atoms with Gasteiger partial charge in [0, 0.05) is 17.7 Å². The molecule has 0 fully saturated rings. The third kappa shape index (κ3) is 2.92. The van der Waals surface area contributed by atoms with Gasteiger partial charge in [-0.3, -0.25) is 14.9 Å². The van der Waals surface area contributed by atoms with Gasteiger partial charge in [0.25, 0.3) is 5.69 Å². The fourth-order valence-corrected chi connectivity index (χ4v) is 1.74. The van der Waals surface area contributed by atoms with Crippen LogP contribution in [0.5, 0.6) is 11.5 Å². The number of rotatable bonds is 4. The number of carbonyl (C=O) groups is 1. The Balaban J connectivity index is 2.28. The number of hydrogen-bond acceptors (Lipinski definition) is 4. The van der Waals surface area contributed by atoms with Crippen molar-refractivity contribution in [1.29, 1.82) is 0 Å².